The first kappa shape index (κ1) is 21.0. The highest BCUT2D eigenvalue weighted by atomic mass is 35.5. The van der Waals surface area contributed by atoms with Crippen LogP contribution in [0.3, 0.4) is 0 Å². The normalized spacial score (nSPS) is 42.2. The zero-order valence-corrected chi connectivity index (χ0v) is 20.4. The lowest BCUT2D eigenvalue weighted by atomic mass is 10.0. The molecule has 33 heavy (non-hydrogen) atoms. The first-order chi connectivity index (χ1) is 15.9. The van der Waals surface area contributed by atoms with Crippen LogP contribution in [0.1, 0.15) is 32.1 Å². The van der Waals surface area contributed by atoms with E-state index in [2.05, 4.69) is 16.3 Å². The van der Waals surface area contributed by atoms with Gasteiger partial charge in [0, 0.05) is 47.6 Å². The number of likely N-dealkylation sites (tertiary alicyclic amines) is 1. The van der Waals surface area contributed by atoms with Gasteiger partial charge in [-0.25, -0.2) is 13.3 Å². The summed E-state index contributed by atoms with van der Waals surface area (Å²) in [6.07, 6.45) is 4.65. The highest BCUT2D eigenvalue weighted by molar-refractivity contribution is 8.01. The minimum atomic E-state index is -2.66. The van der Waals surface area contributed by atoms with Crippen LogP contribution in [0.25, 0.3) is 0 Å². The van der Waals surface area contributed by atoms with E-state index in [4.69, 9.17) is 21.1 Å². The lowest BCUT2D eigenvalue weighted by Crippen LogP contribution is -2.60. The summed E-state index contributed by atoms with van der Waals surface area (Å²) in [5.41, 5.74) is -0.801. The first-order valence-electron chi connectivity index (χ1n) is 12.1. The van der Waals surface area contributed by atoms with Crippen molar-refractivity contribution in [2.75, 3.05) is 33.4 Å². The molecule has 7 rings (SSSR count). The molecule has 178 valence electrons. The third-order valence-electron chi connectivity index (χ3n) is 8.58. The second kappa shape index (κ2) is 7.10. The monoisotopic (exact) mass is 491 g/mol. The third kappa shape index (κ3) is 2.94. The maximum absolute atomic E-state index is 14.9. The van der Waals surface area contributed by atoms with Gasteiger partial charge in [0.05, 0.1) is 33.8 Å². The van der Waals surface area contributed by atoms with E-state index in [-0.39, 0.29) is 30.3 Å². The number of nitrogens with zero attached hydrogens (tertiary/aromatic N) is 3. The van der Waals surface area contributed by atoms with E-state index < -0.39 is 15.3 Å². The lowest BCUT2D eigenvalue weighted by Gasteiger charge is -2.44. The van der Waals surface area contributed by atoms with E-state index >= 15 is 0 Å². The number of amides is 1. The summed E-state index contributed by atoms with van der Waals surface area (Å²) in [5, 5.41) is 0.626. The van der Waals surface area contributed by atoms with Crippen molar-refractivity contribution in [2.24, 2.45) is 5.92 Å². The van der Waals surface area contributed by atoms with Gasteiger partial charge in [-0.05, 0) is 62.9 Å². The molecule has 1 amide bonds. The summed E-state index contributed by atoms with van der Waals surface area (Å²) < 4.78 is 29.5. The number of likely N-dealkylation sites (N-methyl/N-ethyl adjacent to an activating group) is 1. The fourth-order valence-corrected chi connectivity index (χ4v) is 10.5. The van der Waals surface area contributed by atoms with E-state index in [0.29, 0.717) is 30.6 Å². The predicted octanol–water partition coefficient (Wildman–Crippen LogP) is 2.62. The fraction of sp³-hybridized carbons (Fsp3) is 0.667. The SMILES string of the molecule is CN1CC2CCC(C1)N2C(=O)OC12CC1=S(=O)(c1ccc(Cl)cc1)N1[C@H](C3CC3)COC[C@@H]12. The molecule has 2 bridgehead atoms. The Bertz CT molecular complexity index is 1120. The van der Waals surface area contributed by atoms with Crippen molar-refractivity contribution < 1.29 is 18.5 Å². The van der Waals surface area contributed by atoms with Gasteiger partial charge in [0.1, 0.15) is 0 Å². The molecule has 2 aliphatic carbocycles. The molecule has 6 aliphatic rings. The molecule has 3 saturated heterocycles. The van der Waals surface area contributed by atoms with Crippen molar-refractivity contribution in [1.82, 2.24) is 14.1 Å². The minimum Gasteiger partial charge on any atom is -0.435 e. The van der Waals surface area contributed by atoms with Crippen molar-refractivity contribution in [1.29, 1.82) is 0 Å². The number of rotatable bonds is 3. The number of hydrogen-bond donors (Lipinski definition) is 0. The van der Waals surface area contributed by atoms with Crippen molar-refractivity contribution in [3.63, 3.8) is 0 Å². The van der Waals surface area contributed by atoms with Gasteiger partial charge in [0.15, 0.2) is 5.60 Å². The number of carbonyl (C=O) groups excluding carboxylic acids is 1. The number of morpholine rings is 1. The van der Waals surface area contributed by atoms with Gasteiger partial charge in [-0.3, -0.25) is 4.90 Å². The molecule has 7 nitrogen and oxygen atoms in total. The molecular formula is C24H30ClN3O4S. The average Bonchev–Trinajstić information content (AvgIpc) is 3.71. The van der Waals surface area contributed by atoms with Crippen molar-refractivity contribution >= 4 is 32.3 Å². The summed E-state index contributed by atoms with van der Waals surface area (Å²) in [5.74, 6) is 0.500. The van der Waals surface area contributed by atoms with Crippen LogP contribution in [0.4, 0.5) is 4.79 Å². The number of piperazine rings is 1. The topological polar surface area (TPSA) is 62.3 Å². The fourth-order valence-electron chi connectivity index (χ4n) is 6.83. The van der Waals surface area contributed by atoms with Gasteiger partial charge in [-0.1, -0.05) is 11.6 Å². The Labute approximate surface area is 200 Å². The zero-order chi connectivity index (χ0) is 22.5. The van der Waals surface area contributed by atoms with Gasteiger partial charge in [-0.15, -0.1) is 0 Å². The molecule has 0 aromatic heterocycles. The lowest BCUT2D eigenvalue weighted by molar-refractivity contribution is -0.0665. The molecular weight excluding hydrogens is 462 g/mol. The van der Waals surface area contributed by atoms with Crippen molar-refractivity contribution in [3.05, 3.63) is 29.3 Å². The number of benzene rings is 1. The van der Waals surface area contributed by atoms with Gasteiger partial charge < -0.3 is 14.4 Å². The summed E-state index contributed by atoms with van der Waals surface area (Å²) in [7, 11) is -0.538. The largest absolute Gasteiger partial charge is 0.435 e. The van der Waals surface area contributed by atoms with Crippen LogP contribution < -0.4 is 0 Å². The maximum Gasteiger partial charge on any atom is 0.411 e. The van der Waals surface area contributed by atoms with Gasteiger partial charge in [0.2, 0.25) is 0 Å². The number of carbonyl (C=O) groups is 1. The van der Waals surface area contributed by atoms with Crippen LogP contribution in [0, 0.1) is 5.92 Å². The van der Waals surface area contributed by atoms with Crippen LogP contribution in [-0.4, -0.2) is 92.4 Å². The van der Waals surface area contributed by atoms with Gasteiger partial charge in [0.25, 0.3) is 0 Å². The summed E-state index contributed by atoms with van der Waals surface area (Å²) in [4.78, 5) is 19.5. The van der Waals surface area contributed by atoms with E-state index in [9.17, 15) is 9.00 Å². The molecule has 6 atom stereocenters. The smallest absolute Gasteiger partial charge is 0.411 e. The Kier molecular flexibility index (Phi) is 4.52. The molecule has 1 aromatic rings. The molecule has 0 N–H and O–H groups in total. The van der Waals surface area contributed by atoms with E-state index in [0.717, 1.165) is 48.5 Å². The van der Waals surface area contributed by atoms with Gasteiger partial charge in [-0.2, -0.15) is 0 Å². The molecule has 4 heterocycles. The Morgan fingerprint density at radius 3 is 2.48 bits per heavy atom. The quantitative estimate of drug-likeness (QED) is 0.608. The van der Waals surface area contributed by atoms with E-state index in [1.54, 1.807) is 0 Å². The molecule has 1 aromatic carbocycles. The summed E-state index contributed by atoms with van der Waals surface area (Å²) in [6, 6.07) is 7.70. The Morgan fingerprint density at radius 2 is 1.82 bits per heavy atom. The maximum atomic E-state index is 14.9. The van der Waals surface area contributed by atoms with Gasteiger partial charge >= 0.3 is 6.09 Å². The molecule has 0 radical (unpaired) electrons. The molecule has 4 aliphatic heterocycles. The minimum absolute atomic E-state index is 0.0996. The molecule has 0 spiro atoms. The molecule has 2 saturated carbocycles. The Balaban J connectivity index is 1.27. The average molecular weight is 492 g/mol. The highest BCUT2D eigenvalue weighted by Crippen LogP contribution is 2.56. The van der Waals surface area contributed by atoms with Crippen LogP contribution >= 0.6 is 11.6 Å². The highest BCUT2D eigenvalue weighted by Gasteiger charge is 2.73. The number of hydrogen-bond acceptors (Lipinski definition) is 5. The third-order valence-corrected chi connectivity index (χ3v) is 12.0. The predicted molar refractivity (Wildman–Crippen MR) is 126 cm³/mol. The second-order valence-electron chi connectivity index (χ2n) is 10.7. The number of halogens is 1. The molecule has 9 heteroatoms. The Hall–Kier alpha value is -1.32. The van der Waals surface area contributed by atoms with Crippen molar-refractivity contribution in [2.45, 2.75) is 66.8 Å². The summed E-state index contributed by atoms with van der Waals surface area (Å²) in [6.45, 7) is 2.81. The molecule has 5 fully saturated rings. The second-order valence-corrected chi connectivity index (χ2v) is 13.5. The zero-order valence-electron chi connectivity index (χ0n) is 18.8. The molecule has 4 unspecified atom stereocenters. The number of fused-ring (bicyclic) bond motifs is 5. The van der Waals surface area contributed by atoms with Crippen LogP contribution in [0.5, 0.6) is 0 Å². The first-order valence-corrected chi connectivity index (χ1v) is 14.0. The van der Waals surface area contributed by atoms with Crippen LogP contribution in [-0.2, 0) is 19.2 Å². The summed E-state index contributed by atoms with van der Waals surface area (Å²) >= 11 is 6.15. The van der Waals surface area contributed by atoms with E-state index in [1.807, 2.05) is 29.2 Å². The van der Waals surface area contributed by atoms with Crippen molar-refractivity contribution in [3.8, 4) is 0 Å². The standard InChI is InChI=1S/C24H30ClN3O4S/c1-26-11-17-6-7-18(12-26)27(17)23(29)32-24-10-22(24)33(30,19-8-4-16(25)5-9-19)28-20(15-2-3-15)13-31-14-21(24)28/h4-5,8-9,15,17-18,20-21H,2-3,6-7,10-14H2,1H3/t17?,18?,20-,21+,24?,33?/m0/s1. The number of ether oxygens (including phenoxy) is 2. The van der Waals surface area contributed by atoms with Crippen LogP contribution in [0.2, 0.25) is 5.02 Å². The van der Waals surface area contributed by atoms with E-state index in [1.165, 1.54) is 0 Å². The van der Waals surface area contributed by atoms with Crippen LogP contribution in [0.15, 0.2) is 29.2 Å². The Morgan fingerprint density at radius 1 is 1.12 bits per heavy atom.